The molecule has 98 valence electrons. The van der Waals surface area contributed by atoms with Gasteiger partial charge in [0, 0.05) is 13.1 Å². The maximum atomic E-state index is 11.8. The fourth-order valence-corrected chi connectivity index (χ4v) is 1.63. The zero-order valence-corrected chi connectivity index (χ0v) is 10.7. The minimum atomic E-state index is -0.385. The second kappa shape index (κ2) is 7.14. The van der Waals surface area contributed by atoms with Crippen LogP contribution in [0, 0.1) is 5.92 Å². The van der Waals surface area contributed by atoms with Crippen LogP contribution in [0.4, 0.5) is 4.79 Å². The minimum Gasteiger partial charge on any atom is -0.465 e. The fraction of sp³-hybridized carbons (Fsp3) is 0.833. The van der Waals surface area contributed by atoms with Crippen molar-refractivity contribution in [2.45, 2.75) is 33.1 Å². The molecule has 5 nitrogen and oxygen atoms in total. The van der Waals surface area contributed by atoms with Crippen molar-refractivity contribution in [1.82, 2.24) is 10.2 Å². The molecule has 1 N–H and O–H groups in total. The first-order valence-corrected chi connectivity index (χ1v) is 6.35. The summed E-state index contributed by atoms with van der Waals surface area (Å²) in [7, 11) is 0. The Morgan fingerprint density at radius 3 is 2.59 bits per heavy atom. The topological polar surface area (TPSA) is 58.6 Å². The number of nitrogens with one attached hydrogen (secondary N) is 1. The van der Waals surface area contributed by atoms with E-state index in [9.17, 15) is 9.59 Å². The van der Waals surface area contributed by atoms with Crippen molar-refractivity contribution in [3.63, 3.8) is 0 Å². The predicted molar refractivity (Wildman–Crippen MR) is 64.6 cm³/mol. The molecule has 0 atom stereocenters. The van der Waals surface area contributed by atoms with Crippen molar-refractivity contribution in [2.24, 2.45) is 5.92 Å². The van der Waals surface area contributed by atoms with Crippen LogP contribution in [0.25, 0.3) is 0 Å². The molecular formula is C12H22N2O3. The third kappa shape index (κ3) is 5.56. The Bertz CT molecular complexity index is 264. The first-order valence-electron chi connectivity index (χ1n) is 6.35. The van der Waals surface area contributed by atoms with Gasteiger partial charge in [-0.2, -0.15) is 0 Å². The first-order chi connectivity index (χ1) is 8.17. The Kier molecular flexibility index (Phi) is 5.80. The second-order valence-corrected chi connectivity index (χ2v) is 4.35. The van der Waals surface area contributed by atoms with E-state index >= 15 is 0 Å². The molecule has 2 amide bonds. The highest BCUT2D eigenvalue weighted by molar-refractivity contribution is 5.80. The Balaban J connectivity index is 2.27. The molecule has 0 bridgehead atoms. The molecule has 0 aromatic carbocycles. The van der Waals surface area contributed by atoms with Crippen LogP contribution in [0.5, 0.6) is 0 Å². The van der Waals surface area contributed by atoms with Crippen LogP contribution in [0.3, 0.4) is 0 Å². The summed E-state index contributed by atoms with van der Waals surface area (Å²) < 4.78 is 4.75. The van der Waals surface area contributed by atoms with E-state index in [1.807, 2.05) is 6.92 Å². The minimum absolute atomic E-state index is 0.0441. The van der Waals surface area contributed by atoms with Gasteiger partial charge in [-0.1, -0.05) is 6.92 Å². The normalized spacial score (nSPS) is 14.2. The van der Waals surface area contributed by atoms with Crippen LogP contribution in [0.1, 0.15) is 33.1 Å². The molecule has 1 aliphatic rings. The maximum Gasteiger partial charge on any atom is 0.325 e. The van der Waals surface area contributed by atoms with E-state index < -0.39 is 0 Å². The number of hydrogen-bond donors (Lipinski definition) is 1. The van der Waals surface area contributed by atoms with E-state index in [1.54, 1.807) is 11.8 Å². The zero-order chi connectivity index (χ0) is 12.7. The molecule has 0 aromatic rings. The van der Waals surface area contributed by atoms with Gasteiger partial charge in [-0.25, -0.2) is 4.79 Å². The van der Waals surface area contributed by atoms with Crippen molar-refractivity contribution in [2.75, 3.05) is 26.2 Å². The number of carbonyl (C=O) groups excluding carboxylic acids is 2. The zero-order valence-electron chi connectivity index (χ0n) is 10.7. The molecule has 0 heterocycles. The maximum absolute atomic E-state index is 11.8. The average Bonchev–Trinajstić information content (AvgIpc) is 3.09. The van der Waals surface area contributed by atoms with Crippen molar-refractivity contribution >= 4 is 12.0 Å². The summed E-state index contributed by atoms with van der Waals surface area (Å²) in [6, 6.07) is -0.160. The van der Waals surface area contributed by atoms with Gasteiger partial charge in [0.15, 0.2) is 0 Å². The summed E-state index contributed by atoms with van der Waals surface area (Å²) in [6.45, 7) is 5.63. The average molecular weight is 242 g/mol. The van der Waals surface area contributed by atoms with Crippen LogP contribution in [-0.2, 0) is 9.53 Å². The van der Waals surface area contributed by atoms with E-state index in [1.165, 1.54) is 12.8 Å². The number of esters is 1. The number of carbonyl (C=O) groups is 2. The third-order valence-electron chi connectivity index (χ3n) is 2.65. The molecule has 1 rings (SSSR count). The largest absolute Gasteiger partial charge is 0.465 e. The SMILES string of the molecule is CCCN(CC1CC1)C(=O)NCC(=O)OCC. The summed E-state index contributed by atoms with van der Waals surface area (Å²) in [6.07, 6.45) is 3.36. The van der Waals surface area contributed by atoms with Crippen LogP contribution < -0.4 is 5.32 Å². The summed E-state index contributed by atoms with van der Waals surface area (Å²) in [5.74, 6) is 0.276. The molecule has 0 unspecified atom stereocenters. The van der Waals surface area contributed by atoms with Crippen LogP contribution in [0.15, 0.2) is 0 Å². The van der Waals surface area contributed by atoms with Gasteiger partial charge in [-0.15, -0.1) is 0 Å². The van der Waals surface area contributed by atoms with Gasteiger partial charge in [0.05, 0.1) is 6.61 Å². The molecule has 1 fully saturated rings. The number of urea groups is 1. The highest BCUT2D eigenvalue weighted by Gasteiger charge is 2.26. The Morgan fingerprint density at radius 2 is 2.06 bits per heavy atom. The Morgan fingerprint density at radius 1 is 1.35 bits per heavy atom. The number of ether oxygens (including phenoxy) is 1. The molecule has 17 heavy (non-hydrogen) atoms. The van der Waals surface area contributed by atoms with E-state index in [0.717, 1.165) is 19.5 Å². The molecule has 5 heteroatoms. The standard InChI is InChI=1S/C12H22N2O3/c1-3-7-14(9-10-5-6-10)12(16)13-8-11(15)17-4-2/h10H,3-9H2,1-2H3,(H,13,16). The van der Waals surface area contributed by atoms with Gasteiger partial charge in [-0.3, -0.25) is 4.79 Å². The summed E-state index contributed by atoms with van der Waals surface area (Å²) in [5.41, 5.74) is 0. The summed E-state index contributed by atoms with van der Waals surface area (Å²) >= 11 is 0. The molecular weight excluding hydrogens is 220 g/mol. The van der Waals surface area contributed by atoms with Gasteiger partial charge in [0.2, 0.25) is 0 Å². The number of rotatable bonds is 7. The van der Waals surface area contributed by atoms with E-state index in [4.69, 9.17) is 4.74 Å². The molecule has 0 saturated heterocycles. The fourth-order valence-electron chi connectivity index (χ4n) is 1.63. The number of nitrogens with zero attached hydrogens (tertiary/aromatic N) is 1. The predicted octanol–water partition coefficient (Wildman–Crippen LogP) is 1.38. The van der Waals surface area contributed by atoms with Gasteiger partial charge < -0.3 is 15.0 Å². The number of amides is 2. The van der Waals surface area contributed by atoms with Crippen LogP contribution in [0.2, 0.25) is 0 Å². The molecule has 0 spiro atoms. The Hall–Kier alpha value is -1.26. The lowest BCUT2D eigenvalue weighted by Crippen LogP contribution is -2.43. The monoisotopic (exact) mass is 242 g/mol. The highest BCUT2D eigenvalue weighted by atomic mass is 16.5. The lowest BCUT2D eigenvalue weighted by atomic mass is 10.3. The first kappa shape index (κ1) is 13.8. The van der Waals surface area contributed by atoms with Gasteiger partial charge >= 0.3 is 12.0 Å². The molecule has 0 aliphatic heterocycles. The van der Waals surface area contributed by atoms with Crippen molar-refractivity contribution in [3.8, 4) is 0 Å². The van der Waals surface area contributed by atoms with Gasteiger partial charge in [-0.05, 0) is 32.1 Å². The lowest BCUT2D eigenvalue weighted by Gasteiger charge is -2.22. The summed E-state index contributed by atoms with van der Waals surface area (Å²) in [5, 5.41) is 2.60. The lowest BCUT2D eigenvalue weighted by molar-refractivity contribution is -0.141. The van der Waals surface area contributed by atoms with E-state index in [0.29, 0.717) is 12.5 Å². The van der Waals surface area contributed by atoms with Crippen molar-refractivity contribution in [3.05, 3.63) is 0 Å². The van der Waals surface area contributed by atoms with Gasteiger partial charge in [0.25, 0.3) is 0 Å². The van der Waals surface area contributed by atoms with E-state index in [2.05, 4.69) is 5.32 Å². The molecule has 1 aliphatic carbocycles. The molecule has 0 radical (unpaired) electrons. The Labute approximate surface area is 102 Å². The number of hydrogen-bond acceptors (Lipinski definition) is 3. The van der Waals surface area contributed by atoms with E-state index in [-0.39, 0.29) is 18.5 Å². The summed E-state index contributed by atoms with van der Waals surface area (Å²) in [4.78, 5) is 24.7. The quantitative estimate of drug-likeness (QED) is 0.686. The molecule has 0 aromatic heterocycles. The van der Waals surface area contributed by atoms with Crippen molar-refractivity contribution < 1.29 is 14.3 Å². The molecule has 1 saturated carbocycles. The highest BCUT2D eigenvalue weighted by Crippen LogP contribution is 2.29. The second-order valence-electron chi connectivity index (χ2n) is 4.35. The third-order valence-corrected chi connectivity index (χ3v) is 2.65. The smallest absolute Gasteiger partial charge is 0.325 e. The van der Waals surface area contributed by atoms with Crippen molar-refractivity contribution in [1.29, 1.82) is 0 Å². The van der Waals surface area contributed by atoms with Crippen LogP contribution in [-0.4, -0.2) is 43.1 Å². The van der Waals surface area contributed by atoms with Crippen LogP contribution >= 0.6 is 0 Å². The van der Waals surface area contributed by atoms with Gasteiger partial charge in [0.1, 0.15) is 6.54 Å².